The molecule has 1 N–H and O–H groups in total. The summed E-state index contributed by atoms with van der Waals surface area (Å²) in [5.74, 6) is -1.84. The summed E-state index contributed by atoms with van der Waals surface area (Å²) < 4.78 is 39.7. The van der Waals surface area contributed by atoms with Crippen molar-refractivity contribution in [2.75, 3.05) is 26.2 Å². The van der Waals surface area contributed by atoms with Gasteiger partial charge in [-0.1, -0.05) is 0 Å². The lowest BCUT2D eigenvalue weighted by atomic mass is 9.82. The number of carboxylic acid groups (broad SMARTS) is 1. The summed E-state index contributed by atoms with van der Waals surface area (Å²) in [6.07, 6.45) is 3.51. The van der Waals surface area contributed by atoms with Crippen molar-refractivity contribution in [3.05, 3.63) is 18.0 Å². The molecular formula is C20H29F3N4O4. The number of hydrogen-bond acceptors (Lipinski definition) is 5. The van der Waals surface area contributed by atoms with E-state index in [0.29, 0.717) is 0 Å². The van der Waals surface area contributed by atoms with Gasteiger partial charge in [-0.05, 0) is 38.5 Å². The van der Waals surface area contributed by atoms with Crippen LogP contribution in [0, 0.1) is 5.92 Å². The normalized spacial score (nSPS) is 24.1. The number of ether oxygens (including phenoxy) is 1. The predicted molar refractivity (Wildman–Crippen MR) is 104 cm³/mol. The second-order valence-electron chi connectivity index (χ2n) is 8.62. The maximum absolute atomic E-state index is 12.3. The summed E-state index contributed by atoms with van der Waals surface area (Å²) in [6, 6.07) is 0.194. The number of aromatic nitrogens is 2. The second kappa shape index (κ2) is 9.15. The fourth-order valence-electron chi connectivity index (χ4n) is 4.21. The van der Waals surface area contributed by atoms with Crippen LogP contribution in [0.2, 0.25) is 0 Å². The monoisotopic (exact) mass is 446 g/mol. The van der Waals surface area contributed by atoms with Gasteiger partial charge in [0.25, 0.3) is 0 Å². The number of rotatable bonds is 4. The third-order valence-corrected chi connectivity index (χ3v) is 6.29. The maximum atomic E-state index is 12.3. The minimum absolute atomic E-state index is 0.145. The Labute approximate surface area is 178 Å². The van der Waals surface area contributed by atoms with E-state index in [0.717, 1.165) is 44.9 Å². The smallest absolute Gasteiger partial charge is 0.475 e. The Morgan fingerprint density at radius 1 is 1.32 bits per heavy atom. The van der Waals surface area contributed by atoms with Gasteiger partial charge < -0.3 is 14.7 Å². The molecule has 2 aliphatic heterocycles. The number of morpholine rings is 1. The van der Waals surface area contributed by atoms with Crippen LogP contribution in [0.3, 0.4) is 0 Å². The highest BCUT2D eigenvalue weighted by Crippen LogP contribution is 2.38. The number of amides is 1. The van der Waals surface area contributed by atoms with Crippen molar-refractivity contribution in [2.45, 2.75) is 57.0 Å². The first-order chi connectivity index (χ1) is 14.5. The molecule has 2 saturated heterocycles. The van der Waals surface area contributed by atoms with E-state index < -0.39 is 12.1 Å². The Hall–Kier alpha value is -2.14. The largest absolute Gasteiger partial charge is 0.490 e. The van der Waals surface area contributed by atoms with Gasteiger partial charge >= 0.3 is 12.1 Å². The Morgan fingerprint density at radius 2 is 1.94 bits per heavy atom. The number of carbonyl (C=O) groups is 2. The molecule has 0 aromatic carbocycles. The van der Waals surface area contributed by atoms with Crippen molar-refractivity contribution in [3.63, 3.8) is 0 Å². The molecule has 11 heteroatoms. The number of alkyl halides is 3. The number of hydrogen-bond donors (Lipinski definition) is 1. The fourth-order valence-corrected chi connectivity index (χ4v) is 4.21. The minimum Gasteiger partial charge on any atom is -0.475 e. The molecule has 1 saturated carbocycles. The van der Waals surface area contributed by atoms with E-state index in [4.69, 9.17) is 14.6 Å². The third kappa shape index (κ3) is 5.97. The Balaban J connectivity index is 0.000000339. The van der Waals surface area contributed by atoms with Crippen molar-refractivity contribution in [2.24, 2.45) is 13.0 Å². The number of carbonyl (C=O) groups excluding carboxylic acids is 1. The number of likely N-dealkylation sites (tertiary alicyclic amines) is 1. The molecule has 3 heterocycles. The predicted octanol–water partition coefficient (Wildman–Crippen LogP) is 2.05. The van der Waals surface area contributed by atoms with E-state index in [1.807, 2.05) is 17.9 Å². The van der Waals surface area contributed by atoms with Gasteiger partial charge in [0.2, 0.25) is 5.91 Å². The molecule has 4 rings (SSSR count). The van der Waals surface area contributed by atoms with Crippen LogP contribution in [0.5, 0.6) is 0 Å². The number of carboxylic acids is 1. The molecule has 1 aromatic heterocycles. The molecule has 1 amide bonds. The van der Waals surface area contributed by atoms with E-state index in [1.165, 1.54) is 18.4 Å². The zero-order valence-electron chi connectivity index (χ0n) is 17.8. The van der Waals surface area contributed by atoms with E-state index in [-0.39, 0.29) is 24.2 Å². The quantitative estimate of drug-likeness (QED) is 0.762. The van der Waals surface area contributed by atoms with Gasteiger partial charge in [-0.3, -0.25) is 14.4 Å². The third-order valence-electron chi connectivity index (χ3n) is 6.29. The molecule has 1 spiro atoms. The van der Waals surface area contributed by atoms with E-state index in [1.54, 1.807) is 0 Å². The van der Waals surface area contributed by atoms with Crippen LogP contribution in [0.1, 0.15) is 38.2 Å². The Bertz CT molecular complexity index is 786. The van der Waals surface area contributed by atoms with E-state index in [9.17, 15) is 18.0 Å². The molecule has 1 aliphatic carbocycles. The summed E-state index contributed by atoms with van der Waals surface area (Å²) in [7, 11) is 1.96. The average molecular weight is 446 g/mol. The fraction of sp³-hybridized carbons (Fsp3) is 0.750. The second-order valence-corrected chi connectivity index (χ2v) is 8.62. The van der Waals surface area contributed by atoms with Gasteiger partial charge in [-0.2, -0.15) is 18.3 Å². The summed E-state index contributed by atoms with van der Waals surface area (Å²) in [4.78, 5) is 25.8. The first kappa shape index (κ1) is 23.5. The highest BCUT2D eigenvalue weighted by molar-refractivity contribution is 5.78. The summed E-state index contributed by atoms with van der Waals surface area (Å²) in [6.45, 7) is 6.37. The summed E-state index contributed by atoms with van der Waals surface area (Å²) in [5, 5.41) is 11.4. The number of aryl methyl sites for hydroxylation is 1. The SMILES string of the molecule is CC1N(CC2CC2)C(=O)COC12CCN(Cc1cnn(C)c1)CC2.O=C(O)C(F)(F)F. The molecule has 174 valence electrons. The molecule has 1 aromatic rings. The number of nitrogens with zero attached hydrogens (tertiary/aromatic N) is 4. The summed E-state index contributed by atoms with van der Waals surface area (Å²) in [5.41, 5.74) is 1.12. The highest BCUT2D eigenvalue weighted by atomic mass is 19.4. The van der Waals surface area contributed by atoms with Crippen molar-refractivity contribution < 1.29 is 32.6 Å². The maximum Gasteiger partial charge on any atom is 0.490 e. The van der Waals surface area contributed by atoms with Crippen LogP contribution in [0.15, 0.2) is 12.4 Å². The number of aliphatic carboxylic acids is 1. The average Bonchev–Trinajstić information content (AvgIpc) is 3.43. The molecular weight excluding hydrogens is 417 g/mol. The summed E-state index contributed by atoms with van der Waals surface area (Å²) >= 11 is 0. The van der Waals surface area contributed by atoms with Crippen LogP contribution >= 0.6 is 0 Å². The van der Waals surface area contributed by atoms with Gasteiger partial charge in [0.1, 0.15) is 6.61 Å². The van der Waals surface area contributed by atoms with Gasteiger partial charge in [-0.25, -0.2) is 4.79 Å². The highest BCUT2D eigenvalue weighted by Gasteiger charge is 2.48. The van der Waals surface area contributed by atoms with Gasteiger partial charge in [0.15, 0.2) is 0 Å². The molecule has 3 aliphatic rings. The molecule has 0 radical (unpaired) electrons. The van der Waals surface area contributed by atoms with Crippen molar-refractivity contribution in [3.8, 4) is 0 Å². The van der Waals surface area contributed by atoms with Crippen molar-refractivity contribution in [1.82, 2.24) is 19.6 Å². The van der Waals surface area contributed by atoms with E-state index >= 15 is 0 Å². The van der Waals surface area contributed by atoms with Crippen molar-refractivity contribution in [1.29, 1.82) is 0 Å². The van der Waals surface area contributed by atoms with E-state index in [2.05, 4.69) is 28.0 Å². The molecule has 1 atom stereocenters. The number of halogens is 3. The Morgan fingerprint density at radius 3 is 2.42 bits per heavy atom. The lowest BCUT2D eigenvalue weighted by Crippen LogP contribution is -2.64. The topological polar surface area (TPSA) is 87.9 Å². The molecule has 0 bridgehead atoms. The first-order valence-electron chi connectivity index (χ1n) is 10.4. The molecule has 3 fully saturated rings. The molecule has 8 nitrogen and oxygen atoms in total. The standard InChI is InChI=1S/C18H28N4O2.C2HF3O2/c1-14-18(24-13-17(23)22(14)12-15-3-4-15)5-7-21(8-6-18)11-16-9-19-20(2)10-16;3-2(4,5)1(6)7/h9-10,14-15H,3-8,11-13H2,1-2H3;(H,6,7). The van der Waals surface area contributed by atoms with Gasteiger partial charge in [0, 0.05) is 45.0 Å². The first-order valence-corrected chi connectivity index (χ1v) is 10.4. The van der Waals surface area contributed by atoms with Gasteiger partial charge in [0.05, 0.1) is 17.8 Å². The van der Waals surface area contributed by atoms with Crippen LogP contribution in [0.25, 0.3) is 0 Å². The zero-order chi connectivity index (χ0) is 22.8. The van der Waals surface area contributed by atoms with Crippen LogP contribution in [-0.2, 0) is 27.9 Å². The van der Waals surface area contributed by atoms with Gasteiger partial charge in [-0.15, -0.1) is 0 Å². The van der Waals surface area contributed by atoms with Crippen LogP contribution in [0.4, 0.5) is 13.2 Å². The van der Waals surface area contributed by atoms with Crippen LogP contribution in [-0.4, -0.2) is 80.6 Å². The molecule has 1 unspecified atom stereocenters. The van der Waals surface area contributed by atoms with Crippen LogP contribution < -0.4 is 0 Å². The number of piperidine rings is 1. The Kier molecular flexibility index (Phi) is 6.95. The molecule has 31 heavy (non-hydrogen) atoms. The lowest BCUT2D eigenvalue weighted by Gasteiger charge is -2.51. The minimum atomic E-state index is -5.08. The zero-order valence-corrected chi connectivity index (χ0v) is 17.8. The lowest BCUT2D eigenvalue weighted by molar-refractivity contribution is -0.192. The van der Waals surface area contributed by atoms with Crippen molar-refractivity contribution >= 4 is 11.9 Å².